The molecule has 0 radical (unpaired) electrons. The summed E-state index contributed by atoms with van der Waals surface area (Å²) in [5, 5.41) is 3.96. The van der Waals surface area contributed by atoms with Crippen LogP contribution in [0.25, 0.3) is 0 Å². The zero-order chi connectivity index (χ0) is 18.2. The Hall–Kier alpha value is -2.12. The molecule has 1 heterocycles. The van der Waals surface area contributed by atoms with E-state index in [1.165, 1.54) is 13.0 Å². The molecule has 3 unspecified atom stereocenters. The lowest BCUT2D eigenvalue weighted by Gasteiger charge is -2.17. The first-order valence-corrected chi connectivity index (χ1v) is 8.01. The highest BCUT2D eigenvalue weighted by atomic mass is 19.4. The largest absolute Gasteiger partial charge is 0.466 e. The third-order valence-corrected chi connectivity index (χ3v) is 4.70. The van der Waals surface area contributed by atoms with E-state index in [0.29, 0.717) is 18.6 Å². The number of hydrogen-bond acceptors (Lipinski definition) is 4. The molecule has 0 amide bonds. The lowest BCUT2D eigenvalue weighted by molar-refractivity contribution is -0.142. The lowest BCUT2D eigenvalue weighted by Crippen LogP contribution is -2.24. The molecular weight excluding hydrogens is 342 g/mol. The van der Waals surface area contributed by atoms with Crippen LogP contribution >= 0.6 is 0 Å². The predicted octanol–water partition coefficient (Wildman–Crippen LogP) is 3.93. The molecule has 25 heavy (non-hydrogen) atoms. The van der Waals surface area contributed by atoms with Gasteiger partial charge in [0.1, 0.15) is 11.9 Å². The summed E-state index contributed by atoms with van der Waals surface area (Å²) >= 11 is 0. The predicted molar refractivity (Wildman–Crippen MR) is 80.3 cm³/mol. The Morgan fingerprint density at radius 2 is 2.12 bits per heavy atom. The van der Waals surface area contributed by atoms with Gasteiger partial charge in [-0.05, 0) is 31.4 Å². The van der Waals surface area contributed by atoms with Gasteiger partial charge in [-0.15, -0.1) is 0 Å². The minimum atomic E-state index is -4.76. The molecule has 2 aliphatic rings. The minimum absolute atomic E-state index is 0.119. The fourth-order valence-corrected chi connectivity index (χ4v) is 3.52. The third kappa shape index (κ3) is 3.62. The second kappa shape index (κ2) is 6.65. The van der Waals surface area contributed by atoms with E-state index >= 15 is 0 Å². The van der Waals surface area contributed by atoms with E-state index in [2.05, 4.69) is 5.16 Å². The maximum Gasteiger partial charge on any atom is 0.419 e. The number of hydrogen-bond donors (Lipinski definition) is 0. The summed E-state index contributed by atoms with van der Waals surface area (Å²) in [7, 11) is 0. The average Bonchev–Trinajstić information content (AvgIpc) is 3.09. The van der Waals surface area contributed by atoms with Crippen molar-refractivity contribution in [1.82, 2.24) is 0 Å². The number of carbonyl (C=O) groups is 1. The number of nitrogens with zero attached hydrogens (tertiary/aromatic N) is 1. The number of halogens is 4. The summed E-state index contributed by atoms with van der Waals surface area (Å²) in [5.74, 6) is -1.68. The number of fused-ring (bicyclic) bond motifs is 1. The molecule has 0 bridgehead atoms. The zero-order valence-electron chi connectivity index (χ0n) is 13.5. The van der Waals surface area contributed by atoms with Crippen molar-refractivity contribution in [1.29, 1.82) is 0 Å². The molecule has 0 saturated heterocycles. The van der Waals surface area contributed by atoms with Crippen LogP contribution in [0.15, 0.2) is 23.4 Å². The number of carbonyl (C=O) groups excluding carboxylic acids is 1. The van der Waals surface area contributed by atoms with Crippen molar-refractivity contribution in [3.8, 4) is 0 Å². The van der Waals surface area contributed by atoms with Crippen LogP contribution in [0, 0.1) is 17.7 Å². The molecule has 0 N–H and O–H groups in total. The number of alkyl halides is 3. The molecule has 1 saturated carbocycles. The summed E-state index contributed by atoms with van der Waals surface area (Å²) in [6, 6.07) is 2.88. The van der Waals surface area contributed by atoms with E-state index in [-0.39, 0.29) is 36.1 Å². The van der Waals surface area contributed by atoms with Crippen molar-refractivity contribution < 1.29 is 31.9 Å². The summed E-state index contributed by atoms with van der Waals surface area (Å²) in [6.07, 6.45) is -2.87. The molecule has 136 valence electrons. The van der Waals surface area contributed by atoms with Gasteiger partial charge in [0.25, 0.3) is 0 Å². The third-order valence-electron chi connectivity index (χ3n) is 4.70. The SMILES string of the molecule is CC(=O)OCCC1CCC2C(c3ccc(F)c(C(F)(F)F)c3)=NOC12. The summed E-state index contributed by atoms with van der Waals surface area (Å²) in [4.78, 5) is 16.3. The fraction of sp³-hybridized carbons (Fsp3) is 0.529. The number of esters is 1. The molecule has 3 atom stereocenters. The number of rotatable bonds is 4. The van der Waals surface area contributed by atoms with Gasteiger partial charge >= 0.3 is 12.1 Å². The Balaban J connectivity index is 1.73. The highest BCUT2D eigenvalue weighted by molar-refractivity contribution is 6.03. The van der Waals surface area contributed by atoms with Crippen molar-refractivity contribution in [2.75, 3.05) is 6.61 Å². The van der Waals surface area contributed by atoms with E-state index in [1.807, 2.05) is 0 Å². The van der Waals surface area contributed by atoms with Gasteiger partial charge in [0.2, 0.25) is 0 Å². The standard InChI is InChI=1S/C17H17F4NO3/c1-9(23)24-7-6-10-2-4-12-15(22-25-16(10)12)11-3-5-14(18)13(8-11)17(19,20)21/h3,5,8,10,12,16H,2,4,6-7H2,1H3. The minimum Gasteiger partial charge on any atom is -0.466 e. The normalized spacial score (nSPS) is 25.3. The molecule has 1 aliphatic heterocycles. The molecule has 1 aromatic carbocycles. The Bertz CT molecular complexity index is 702. The van der Waals surface area contributed by atoms with Crippen LogP contribution in [0.3, 0.4) is 0 Å². The van der Waals surface area contributed by atoms with Crippen LogP contribution in [0.2, 0.25) is 0 Å². The molecule has 8 heteroatoms. The molecular formula is C17H17F4NO3. The van der Waals surface area contributed by atoms with E-state index in [9.17, 15) is 22.4 Å². The lowest BCUT2D eigenvalue weighted by atomic mass is 9.91. The summed E-state index contributed by atoms with van der Waals surface area (Å²) in [5.41, 5.74) is -0.659. The smallest absolute Gasteiger partial charge is 0.419 e. The van der Waals surface area contributed by atoms with Gasteiger partial charge in [0.05, 0.1) is 17.9 Å². The van der Waals surface area contributed by atoms with Crippen LogP contribution in [-0.4, -0.2) is 24.4 Å². The summed E-state index contributed by atoms with van der Waals surface area (Å²) in [6.45, 7) is 1.61. The van der Waals surface area contributed by atoms with Crippen LogP contribution in [0.1, 0.15) is 37.3 Å². The Morgan fingerprint density at radius 3 is 2.80 bits per heavy atom. The fourth-order valence-electron chi connectivity index (χ4n) is 3.52. The van der Waals surface area contributed by atoms with Gasteiger partial charge in [-0.2, -0.15) is 13.2 Å². The van der Waals surface area contributed by atoms with E-state index in [0.717, 1.165) is 18.6 Å². The Labute approximate surface area is 141 Å². The van der Waals surface area contributed by atoms with E-state index in [1.54, 1.807) is 0 Å². The number of benzene rings is 1. The van der Waals surface area contributed by atoms with Gasteiger partial charge < -0.3 is 9.57 Å². The van der Waals surface area contributed by atoms with Gasteiger partial charge in [0.15, 0.2) is 0 Å². The first-order valence-electron chi connectivity index (χ1n) is 8.01. The highest BCUT2D eigenvalue weighted by Crippen LogP contribution is 2.42. The van der Waals surface area contributed by atoms with E-state index in [4.69, 9.17) is 9.57 Å². The van der Waals surface area contributed by atoms with Crippen LogP contribution < -0.4 is 0 Å². The number of oxime groups is 1. The second-order valence-corrected chi connectivity index (χ2v) is 6.31. The van der Waals surface area contributed by atoms with Crippen molar-refractivity contribution in [3.05, 3.63) is 35.1 Å². The van der Waals surface area contributed by atoms with Crippen molar-refractivity contribution in [2.45, 2.75) is 38.5 Å². The molecule has 0 aromatic heterocycles. The Kier molecular flexibility index (Phi) is 4.71. The van der Waals surface area contributed by atoms with E-state index < -0.39 is 17.6 Å². The van der Waals surface area contributed by atoms with Crippen molar-refractivity contribution in [3.63, 3.8) is 0 Å². The topological polar surface area (TPSA) is 47.9 Å². The zero-order valence-corrected chi connectivity index (χ0v) is 13.5. The maximum absolute atomic E-state index is 13.5. The first kappa shape index (κ1) is 17.7. The second-order valence-electron chi connectivity index (χ2n) is 6.31. The monoisotopic (exact) mass is 359 g/mol. The first-order chi connectivity index (χ1) is 11.8. The molecule has 1 aromatic rings. The quantitative estimate of drug-likeness (QED) is 0.605. The van der Waals surface area contributed by atoms with Gasteiger partial charge in [-0.1, -0.05) is 11.2 Å². The molecule has 0 spiro atoms. The highest BCUT2D eigenvalue weighted by Gasteiger charge is 2.45. The van der Waals surface area contributed by atoms with Gasteiger partial charge in [-0.3, -0.25) is 4.79 Å². The van der Waals surface area contributed by atoms with Crippen molar-refractivity contribution >= 4 is 11.7 Å². The van der Waals surface area contributed by atoms with Crippen LogP contribution in [0.5, 0.6) is 0 Å². The molecule has 1 aliphatic carbocycles. The Morgan fingerprint density at radius 1 is 1.36 bits per heavy atom. The molecule has 3 rings (SSSR count). The van der Waals surface area contributed by atoms with Crippen LogP contribution in [-0.2, 0) is 20.5 Å². The average molecular weight is 359 g/mol. The van der Waals surface area contributed by atoms with Crippen molar-refractivity contribution in [2.24, 2.45) is 17.0 Å². The maximum atomic E-state index is 13.5. The molecule has 1 fully saturated rings. The van der Waals surface area contributed by atoms with Gasteiger partial charge in [0, 0.05) is 24.3 Å². The number of ether oxygens (including phenoxy) is 1. The van der Waals surface area contributed by atoms with Crippen LogP contribution in [0.4, 0.5) is 17.6 Å². The summed E-state index contributed by atoms with van der Waals surface area (Å²) < 4.78 is 57.1. The van der Waals surface area contributed by atoms with Gasteiger partial charge in [-0.25, -0.2) is 4.39 Å². The molecule has 4 nitrogen and oxygen atoms in total.